The zero-order valence-corrected chi connectivity index (χ0v) is 14.8. The molecule has 1 aliphatic heterocycles. The molecule has 1 aliphatic rings. The molecule has 0 amide bonds. The SMILES string of the molecule is COc1ccccc1Cn1[nH]c2c(c1=O)CN(Cc1cccnc1)CC2. The van der Waals surface area contributed by atoms with Gasteiger partial charge in [-0.1, -0.05) is 24.3 Å². The Hall–Kier alpha value is -2.86. The standard InChI is InChI=1S/C20H22N4O2/c1-26-19-7-3-2-6-16(19)13-24-20(25)17-14-23(10-8-18(17)22-24)12-15-5-4-9-21-11-15/h2-7,9,11,22H,8,10,12-14H2,1H3. The van der Waals surface area contributed by atoms with Gasteiger partial charge in [-0.05, 0) is 17.7 Å². The molecule has 0 atom stereocenters. The second kappa shape index (κ2) is 7.17. The molecule has 134 valence electrons. The Morgan fingerprint density at radius 1 is 1.19 bits per heavy atom. The lowest BCUT2D eigenvalue weighted by Crippen LogP contribution is -2.32. The highest BCUT2D eigenvalue weighted by molar-refractivity contribution is 5.33. The molecular weight excluding hydrogens is 328 g/mol. The average molecular weight is 350 g/mol. The Balaban J connectivity index is 1.54. The summed E-state index contributed by atoms with van der Waals surface area (Å²) < 4.78 is 7.09. The number of pyridine rings is 1. The maximum atomic E-state index is 12.9. The van der Waals surface area contributed by atoms with E-state index in [2.05, 4.69) is 21.0 Å². The summed E-state index contributed by atoms with van der Waals surface area (Å²) in [6.45, 7) is 2.89. The number of aromatic nitrogens is 3. The van der Waals surface area contributed by atoms with Gasteiger partial charge < -0.3 is 4.74 Å². The van der Waals surface area contributed by atoms with E-state index in [-0.39, 0.29) is 5.56 Å². The van der Waals surface area contributed by atoms with Crippen LogP contribution in [-0.2, 0) is 26.1 Å². The van der Waals surface area contributed by atoms with Gasteiger partial charge in [0.2, 0.25) is 0 Å². The van der Waals surface area contributed by atoms with Crippen LogP contribution in [-0.4, -0.2) is 33.3 Å². The van der Waals surface area contributed by atoms with Crippen molar-refractivity contribution < 1.29 is 4.74 Å². The monoisotopic (exact) mass is 350 g/mol. The number of nitrogens with zero attached hydrogens (tertiary/aromatic N) is 3. The summed E-state index contributed by atoms with van der Waals surface area (Å²) in [5.41, 5.74) is 4.13. The van der Waals surface area contributed by atoms with Gasteiger partial charge in [-0.3, -0.25) is 19.8 Å². The van der Waals surface area contributed by atoms with Crippen LogP contribution in [0, 0.1) is 0 Å². The number of methoxy groups -OCH3 is 1. The van der Waals surface area contributed by atoms with Crippen LogP contribution in [0.3, 0.4) is 0 Å². The average Bonchev–Trinajstić information content (AvgIpc) is 2.98. The van der Waals surface area contributed by atoms with Gasteiger partial charge >= 0.3 is 0 Å². The maximum absolute atomic E-state index is 12.9. The Morgan fingerprint density at radius 2 is 2.08 bits per heavy atom. The molecule has 0 saturated carbocycles. The molecule has 0 spiro atoms. The zero-order chi connectivity index (χ0) is 17.9. The molecule has 3 aromatic rings. The van der Waals surface area contributed by atoms with E-state index in [1.165, 1.54) is 5.56 Å². The van der Waals surface area contributed by atoms with Crippen LogP contribution in [0.5, 0.6) is 5.75 Å². The van der Waals surface area contributed by atoms with Crippen molar-refractivity contribution in [3.63, 3.8) is 0 Å². The molecule has 0 fully saturated rings. The summed E-state index contributed by atoms with van der Waals surface area (Å²) in [4.78, 5) is 19.3. The van der Waals surface area contributed by atoms with Crippen molar-refractivity contribution in [3.8, 4) is 5.75 Å². The fourth-order valence-electron chi connectivity index (χ4n) is 3.52. The van der Waals surface area contributed by atoms with E-state index in [1.807, 2.05) is 36.5 Å². The van der Waals surface area contributed by atoms with Crippen LogP contribution in [0.4, 0.5) is 0 Å². The third-order valence-electron chi connectivity index (χ3n) is 4.85. The van der Waals surface area contributed by atoms with Crippen molar-refractivity contribution in [2.24, 2.45) is 0 Å². The number of hydrogen-bond donors (Lipinski definition) is 1. The highest BCUT2D eigenvalue weighted by Crippen LogP contribution is 2.20. The van der Waals surface area contributed by atoms with Crippen LogP contribution >= 0.6 is 0 Å². The summed E-state index contributed by atoms with van der Waals surface area (Å²) in [6, 6.07) is 11.8. The van der Waals surface area contributed by atoms with Crippen LogP contribution in [0.2, 0.25) is 0 Å². The lowest BCUT2D eigenvalue weighted by Gasteiger charge is -2.25. The minimum Gasteiger partial charge on any atom is -0.496 e. The fourth-order valence-corrected chi connectivity index (χ4v) is 3.52. The number of aromatic amines is 1. The number of para-hydroxylation sites is 1. The predicted molar refractivity (Wildman–Crippen MR) is 99.2 cm³/mol. The minimum absolute atomic E-state index is 0.0572. The van der Waals surface area contributed by atoms with E-state index >= 15 is 0 Å². The summed E-state index contributed by atoms with van der Waals surface area (Å²) in [5, 5.41) is 3.30. The van der Waals surface area contributed by atoms with Crippen LogP contribution in [0.15, 0.2) is 53.6 Å². The third kappa shape index (κ3) is 3.28. The Bertz CT molecular complexity index is 946. The highest BCUT2D eigenvalue weighted by atomic mass is 16.5. The van der Waals surface area contributed by atoms with E-state index in [9.17, 15) is 4.79 Å². The van der Waals surface area contributed by atoms with Gasteiger partial charge in [0.15, 0.2) is 0 Å². The highest BCUT2D eigenvalue weighted by Gasteiger charge is 2.23. The molecule has 6 heteroatoms. The summed E-state index contributed by atoms with van der Waals surface area (Å²) in [5.74, 6) is 0.796. The molecular formula is C20H22N4O2. The summed E-state index contributed by atoms with van der Waals surface area (Å²) in [6.07, 6.45) is 4.51. The van der Waals surface area contributed by atoms with E-state index in [0.717, 1.165) is 42.1 Å². The van der Waals surface area contributed by atoms with Gasteiger partial charge in [0.05, 0.1) is 19.2 Å². The maximum Gasteiger partial charge on any atom is 0.271 e. The van der Waals surface area contributed by atoms with E-state index in [0.29, 0.717) is 13.1 Å². The topological polar surface area (TPSA) is 63.1 Å². The number of benzene rings is 1. The van der Waals surface area contributed by atoms with Crippen molar-refractivity contribution in [2.45, 2.75) is 26.1 Å². The van der Waals surface area contributed by atoms with Gasteiger partial charge in [-0.2, -0.15) is 0 Å². The normalized spacial score (nSPS) is 14.2. The van der Waals surface area contributed by atoms with Gasteiger partial charge in [0.1, 0.15) is 5.75 Å². The lowest BCUT2D eigenvalue weighted by atomic mass is 10.1. The minimum atomic E-state index is 0.0572. The number of fused-ring (bicyclic) bond motifs is 1. The summed E-state index contributed by atoms with van der Waals surface area (Å²) >= 11 is 0. The van der Waals surface area contributed by atoms with E-state index in [4.69, 9.17) is 4.74 Å². The first kappa shape index (κ1) is 16.6. The number of nitrogens with one attached hydrogen (secondary N) is 1. The van der Waals surface area contributed by atoms with Crippen LogP contribution < -0.4 is 10.3 Å². The second-order valence-electron chi connectivity index (χ2n) is 6.59. The fraction of sp³-hybridized carbons (Fsp3) is 0.300. The molecule has 0 bridgehead atoms. The summed E-state index contributed by atoms with van der Waals surface area (Å²) in [7, 11) is 1.65. The number of H-pyrrole nitrogens is 1. The molecule has 0 aliphatic carbocycles. The van der Waals surface area contributed by atoms with Crippen molar-refractivity contribution in [2.75, 3.05) is 13.7 Å². The van der Waals surface area contributed by atoms with Gasteiger partial charge in [0.25, 0.3) is 5.56 Å². The Labute approximate surface area is 152 Å². The first-order valence-electron chi connectivity index (χ1n) is 8.78. The Kier molecular flexibility index (Phi) is 4.58. The van der Waals surface area contributed by atoms with Crippen LogP contribution in [0.25, 0.3) is 0 Å². The number of ether oxygens (including phenoxy) is 1. The molecule has 0 saturated heterocycles. The number of hydrogen-bond acceptors (Lipinski definition) is 4. The zero-order valence-electron chi connectivity index (χ0n) is 14.8. The van der Waals surface area contributed by atoms with E-state index in [1.54, 1.807) is 18.0 Å². The number of rotatable bonds is 5. The Morgan fingerprint density at radius 3 is 2.88 bits per heavy atom. The first-order chi connectivity index (χ1) is 12.7. The lowest BCUT2D eigenvalue weighted by molar-refractivity contribution is 0.244. The molecule has 1 N–H and O–H groups in total. The quantitative estimate of drug-likeness (QED) is 0.766. The van der Waals surface area contributed by atoms with Gasteiger partial charge in [-0.25, -0.2) is 4.68 Å². The van der Waals surface area contributed by atoms with Crippen molar-refractivity contribution in [3.05, 3.63) is 81.5 Å². The molecule has 0 unspecified atom stereocenters. The second-order valence-corrected chi connectivity index (χ2v) is 6.59. The molecule has 6 nitrogen and oxygen atoms in total. The molecule has 1 aromatic carbocycles. The largest absolute Gasteiger partial charge is 0.496 e. The van der Waals surface area contributed by atoms with Gasteiger partial charge in [0, 0.05) is 49.7 Å². The van der Waals surface area contributed by atoms with Crippen molar-refractivity contribution in [1.82, 2.24) is 19.7 Å². The molecule has 3 heterocycles. The van der Waals surface area contributed by atoms with Crippen LogP contribution in [0.1, 0.15) is 22.4 Å². The molecule has 0 radical (unpaired) electrons. The predicted octanol–water partition coefficient (Wildman–Crippen LogP) is 2.19. The van der Waals surface area contributed by atoms with Gasteiger partial charge in [-0.15, -0.1) is 0 Å². The molecule has 2 aromatic heterocycles. The first-order valence-corrected chi connectivity index (χ1v) is 8.78. The van der Waals surface area contributed by atoms with E-state index < -0.39 is 0 Å². The third-order valence-corrected chi connectivity index (χ3v) is 4.85. The molecule has 4 rings (SSSR count). The van der Waals surface area contributed by atoms with Crippen molar-refractivity contribution in [1.29, 1.82) is 0 Å². The van der Waals surface area contributed by atoms with Crippen molar-refractivity contribution >= 4 is 0 Å². The molecule has 26 heavy (non-hydrogen) atoms. The smallest absolute Gasteiger partial charge is 0.271 e.